The van der Waals surface area contributed by atoms with Crippen LogP contribution in [0.4, 0.5) is 0 Å². The molecule has 4 nitrogen and oxygen atoms in total. The summed E-state index contributed by atoms with van der Waals surface area (Å²) in [5, 5.41) is 7.63. The minimum Gasteiger partial charge on any atom is -0.477 e. The first-order chi connectivity index (χ1) is 8.74. The molecule has 1 aromatic rings. The fourth-order valence-electron chi connectivity index (χ4n) is 2.48. The zero-order valence-electron chi connectivity index (χ0n) is 10.5. The van der Waals surface area contributed by atoms with E-state index >= 15 is 0 Å². The molecule has 1 saturated carbocycles. The molecule has 0 radical (unpaired) electrons. The second-order valence-electron chi connectivity index (χ2n) is 5.29. The zero-order valence-corrected chi connectivity index (χ0v) is 10.5. The molecule has 0 aromatic carbocycles. The van der Waals surface area contributed by atoms with E-state index in [9.17, 15) is 0 Å². The Bertz CT molecular complexity index is 480. The number of aromatic nitrogens is 1. The summed E-state index contributed by atoms with van der Waals surface area (Å²) in [6.45, 7) is 0.691. The molecule has 0 amide bonds. The van der Waals surface area contributed by atoms with Crippen LogP contribution in [0.25, 0.3) is 0 Å². The third kappa shape index (κ3) is 2.33. The Kier molecular flexibility index (Phi) is 2.94. The first-order valence-electron chi connectivity index (χ1n) is 6.74. The molecule has 1 aromatic heterocycles. The van der Waals surface area contributed by atoms with Gasteiger partial charge in [-0.15, -0.1) is 0 Å². The molecule has 0 atom stereocenters. The highest BCUT2D eigenvalue weighted by atomic mass is 16.5. The third-order valence-electron chi connectivity index (χ3n) is 3.77. The number of rotatable bonds is 5. The molecule has 96 valence electrons. The molecule has 0 unspecified atom stereocenters. The van der Waals surface area contributed by atoms with E-state index in [0.717, 1.165) is 37.3 Å². The summed E-state index contributed by atoms with van der Waals surface area (Å²) in [7, 11) is 0. The van der Waals surface area contributed by atoms with Crippen LogP contribution in [-0.4, -0.2) is 17.4 Å². The van der Waals surface area contributed by atoms with Crippen LogP contribution < -0.4 is 10.5 Å². The predicted octanol–water partition coefficient (Wildman–Crippen LogP) is 2.03. The van der Waals surface area contributed by atoms with Crippen molar-refractivity contribution in [3.8, 4) is 5.88 Å². The van der Waals surface area contributed by atoms with E-state index in [1.165, 1.54) is 18.4 Å². The van der Waals surface area contributed by atoms with E-state index in [0.29, 0.717) is 18.1 Å². The Morgan fingerprint density at radius 2 is 2.28 bits per heavy atom. The van der Waals surface area contributed by atoms with Crippen molar-refractivity contribution in [2.24, 2.45) is 11.7 Å². The van der Waals surface area contributed by atoms with Gasteiger partial charge in [-0.3, -0.25) is 5.41 Å². The number of aryl methyl sites for hydroxylation is 2. The van der Waals surface area contributed by atoms with Gasteiger partial charge >= 0.3 is 0 Å². The number of nitrogens with zero attached hydrogens (tertiary/aromatic N) is 1. The highest BCUT2D eigenvalue weighted by Crippen LogP contribution is 2.32. The summed E-state index contributed by atoms with van der Waals surface area (Å²) in [5.74, 6) is 1.46. The Labute approximate surface area is 107 Å². The molecule has 3 rings (SSSR count). The Morgan fingerprint density at radius 1 is 1.44 bits per heavy atom. The van der Waals surface area contributed by atoms with Crippen molar-refractivity contribution in [3.05, 3.63) is 22.9 Å². The normalized spacial score (nSPS) is 17.6. The molecular weight excluding hydrogens is 226 g/mol. The number of ether oxygens (including phenoxy) is 1. The minimum absolute atomic E-state index is 0.0543. The maximum atomic E-state index is 7.63. The van der Waals surface area contributed by atoms with Gasteiger partial charge in [0.25, 0.3) is 0 Å². The van der Waals surface area contributed by atoms with E-state index < -0.39 is 0 Å². The third-order valence-corrected chi connectivity index (χ3v) is 3.77. The van der Waals surface area contributed by atoms with E-state index in [1.807, 2.05) is 6.07 Å². The van der Waals surface area contributed by atoms with Crippen molar-refractivity contribution in [3.63, 3.8) is 0 Å². The van der Waals surface area contributed by atoms with Gasteiger partial charge in [-0.25, -0.2) is 4.98 Å². The van der Waals surface area contributed by atoms with Gasteiger partial charge in [0, 0.05) is 5.69 Å². The van der Waals surface area contributed by atoms with Crippen molar-refractivity contribution < 1.29 is 4.74 Å². The average Bonchev–Trinajstić information content (AvgIpc) is 3.05. The fraction of sp³-hybridized carbons (Fsp3) is 0.571. The lowest BCUT2D eigenvalue weighted by atomic mass is 10.1. The summed E-state index contributed by atoms with van der Waals surface area (Å²) in [5.41, 5.74) is 8.63. The summed E-state index contributed by atoms with van der Waals surface area (Å²) in [6, 6.07) is 1.99. The molecule has 3 N–H and O–H groups in total. The van der Waals surface area contributed by atoms with Gasteiger partial charge < -0.3 is 10.5 Å². The quantitative estimate of drug-likeness (QED) is 0.616. The van der Waals surface area contributed by atoms with E-state index in [1.54, 1.807) is 0 Å². The van der Waals surface area contributed by atoms with Gasteiger partial charge in [0.15, 0.2) is 0 Å². The molecule has 0 bridgehead atoms. The SMILES string of the molecule is N=C(N)c1cc2c(nc1OCCC1CC1)CCC2. The number of nitrogen functional groups attached to an aromatic ring is 1. The second-order valence-corrected chi connectivity index (χ2v) is 5.29. The number of fused-ring (bicyclic) bond motifs is 1. The van der Waals surface area contributed by atoms with Gasteiger partial charge in [-0.2, -0.15) is 0 Å². The largest absolute Gasteiger partial charge is 0.477 e. The predicted molar refractivity (Wildman–Crippen MR) is 70.1 cm³/mol. The van der Waals surface area contributed by atoms with Crippen LogP contribution in [0.3, 0.4) is 0 Å². The van der Waals surface area contributed by atoms with Crippen molar-refractivity contribution in [2.75, 3.05) is 6.61 Å². The topological polar surface area (TPSA) is 72.0 Å². The number of amidine groups is 1. The van der Waals surface area contributed by atoms with Crippen LogP contribution in [-0.2, 0) is 12.8 Å². The summed E-state index contributed by atoms with van der Waals surface area (Å²) in [4.78, 5) is 4.55. The van der Waals surface area contributed by atoms with Gasteiger partial charge in [-0.1, -0.05) is 12.8 Å². The van der Waals surface area contributed by atoms with Crippen molar-refractivity contribution in [1.29, 1.82) is 5.41 Å². The standard InChI is InChI=1S/C14H19N3O/c15-13(16)11-8-10-2-1-3-12(10)17-14(11)18-7-6-9-4-5-9/h8-9H,1-7H2,(H3,15,16). The molecule has 4 heteroatoms. The fourth-order valence-corrected chi connectivity index (χ4v) is 2.48. The lowest BCUT2D eigenvalue weighted by Crippen LogP contribution is -2.15. The molecule has 18 heavy (non-hydrogen) atoms. The average molecular weight is 245 g/mol. The maximum Gasteiger partial charge on any atom is 0.224 e. The monoisotopic (exact) mass is 245 g/mol. The van der Waals surface area contributed by atoms with E-state index in [4.69, 9.17) is 15.9 Å². The van der Waals surface area contributed by atoms with Crippen molar-refractivity contribution >= 4 is 5.84 Å². The molecular formula is C14H19N3O. The van der Waals surface area contributed by atoms with Crippen LogP contribution in [0.2, 0.25) is 0 Å². The second kappa shape index (κ2) is 4.59. The number of hydrogen-bond donors (Lipinski definition) is 2. The first-order valence-corrected chi connectivity index (χ1v) is 6.74. The molecule has 0 spiro atoms. The van der Waals surface area contributed by atoms with E-state index in [-0.39, 0.29) is 5.84 Å². The van der Waals surface area contributed by atoms with Gasteiger partial charge in [-0.05, 0) is 43.2 Å². The lowest BCUT2D eigenvalue weighted by Gasteiger charge is -2.11. The highest BCUT2D eigenvalue weighted by Gasteiger charge is 2.22. The maximum absolute atomic E-state index is 7.63. The number of pyridine rings is 1. The molecule has 1 fully saturated rings. The number of hydrogen-bond acceptors (Lipinski definition) is 3. The molecule has 0 aliphatic heterocycles. The molecule has 1 heterocycles. The smallest absolute Gasteiger partial charge is 0.224 e. The first kappa shape index (κ1) is 11.5. The summed E-state index contributed by atoms with van der Waals surface area (Å²) >= 11 is 0. The van der Waals surface area contributed by atoms with Crippen LogP contribution in [0.15, 0.2) is 6.07 Å². The Hall–Kier alpha value is -1.58. The summed E-state index contributed by atoms with van der Waals surface area (Å²) < 4.78 is 5.74. The van der Waals surface area contributed by atoms with E-state index in [2.05, 4.69) is 4.98 Å². The van der Waals surface area contributed by atoms with Gasteiger partial charge in [0.05, 0.1) is 12.2 Å². The van der Waals surface area contributed by atoms with Crippen molar-refractivity contribution in [2.45, 2.75) is 38.5 Å². The zero-order chi connectivity index (χ0) is 12.5. The molecule has 2 aliphatic carbocycles. The molecule has 2 aliphatic rings. The summed E-state index contributed by atoms with van der Waals surface area (Å²) in [6.07, 6.45) is 6.97. The Balaban J connectivity index is 1.78. The van der Waals surface area contributed by atoms with Crippen LogP contribution >= 0.6 is 0 Å². The van der Waals surface area contributed by atoms with Gasteiger partial charge in [0.2, 0.25) is 5.88 Å². The van der Waals surface area contributed by atoms with Crippen molar-refractivity contribution in [1.82, 2.24) is 4.98 Å². The number of nitrogens with one attached hydrogen (secondary N) is 1. The highest BCUT2D eigenvalue weighted by molar-refractivity contribution is 5.97. The van der Waals surface area contributed by atoms with Crippen LogP contribution in [0, 0.1) is 11.3 Å². The minimum atomic E-state index is 0.0543. The number of nitrogens with two attached hydrogens (primary N) is 1. The van der Waals surface area contributed by atoms with Crippen LogP contribution in [0.5, 0.6) is 5.88 Å². The lowest BCUT2D eigenvalue weighted by molar-refractivity contribution is 0.290. The van der Waals surface area contributed by atoms with Gasteiger partial charge in [0.1, 0.15) is 5.84 Å². The van der Waals surface area contributed by atoms with Crippen LogP contribution in [0.1, 0.15) is 42.5 Å². The Morgan fingerprint density at radius 3 is 3.00 bits per heavy atom. The molecule has 0 saturated heterocycles.